The first kappa shape index (κ1) is 19.2. The van der Waals surface area contributed by atoms with Gasteiger partial charge in [-0.25, -0.2) is 14.8 Å². The lowest BCUT2D eigenvalue weighted by Gasteiger charge is -2.12. The molecule has 0 radical (unpaired) electrons. The summed E-state index contributed by atoms with van der Waals surface area (Å²) in [7, 11) is 0. The first-order chi connectivity index (χ1) is 14.9. The third-order valence-corrected chi connectivity index (χ3v) is 5.02. The molecule has 1 amide bonds. The largest absolute Gasteiger partial charge is 0.437 e. The van der Waals surface area contributed by atoms with E-state index in [0.717, 1.165) is 11.3 Å². The van der Waals surface area contributed by atoms with Gasteiger partial charge in [-0.3, -0.25) is 14.9 Å². The van der Waals surface area contributed by atoms with Gasteiger partial charge < -0.3 is 14.6 Å². The summed E-state index contributed by atoms with van der Waals surface area (Å²) >= 11 is 0. The van der Waals surface area contributed by atoms with Gasteiger partial charge in [0.2, 0.25) is 5.88 Å². The number of aromatic nitrogens is 5. The zero-order valence-corrected chi connectivity index (χ0v) is 17.3. The number of pyridine rings is 1. The van der Waals surface area contributed by atoms with E-state index >= 15 is 0 Å². The van der Waals surface area contributed by atoms with Gasteiger partial charge in [0.25, 0.3) is 0 Å². The summed E-state index contributed by atoms with van der Waals surface area (Å²) in [4.78, 5) is 25.7. The minimum absolute atomic E-state index is 0.205. The van der Waals surface area contributed by atoms with Crippen molar-refractivity contribution in [1.29, 1.82) is 0 Å². The third-order valence-electron chi connectivity index (χ3n) is 5.02. The molecule has 0 aromatic carbocycles. The molecule has 0 saturated heterocycles. The molecule has 0 fully saturated rings. The molecule has 5 rings (SSSR count). The molecule has 31 heavy (non-hydrogen) atoms. The Morgan fingerprint density at radius 1 is 1.23 bits per heavy atom. The maximum absolute atomic E-state index is 12.8. The van der Waals surface area contributed by atoms with Gasteiger partial charge in [-0.1, -0.05) is 25.9 Å². The molecule has 0 atom stereocenters. The predicted octanol–water partition coefficient (Wildman–Crippen LogP) is 3.59. The molecular formula is C21H21N7O3. The maximum Gasteiger partial charge on any atom is 0.331 e. The maximum atomic E-state index is 12.8. The van der Waals surface area contributed by atoms with Gasteiger partial charge in [0.1, 0.15) is 17.8 Å². The highest BCUT2D eigenvalue weighted by Crippen LogP contribution is 2.29. The van der Waals surface area contributed by atoms with Crippen molar-refractivity contribution in [3.63, 3.8) is 0 Å². The summed E-state index contributed by atoms with van der Waals surface area (Å²) in [6.07, 6.45) is 4.73. The van der Waals surface area contributed by atoms with Crippen LogP contribution in [0.2, 0.25) is 0 Å². The number of carbonyl (C=O) groups is 1. The van der Waals surface area contributed by atoms with Crippen molar-refractivity contribution in [2.45, 2.75) is 39.3 Å². The first-order valence-corrected chi connectivity index (χ1v) is 9.85. The van der Waals surface area contributed by atoms with Crippen molar-refractivity contribution in [1.82, 2.24) is 30.0 Å². The molecular weight excluding hydrogens is 398 g/mol. The SMILES string of the molecule is CC(C)(C)c1cc(NC(=O)n2ccc3ncc(Oc4ncnc5c4CNC5)cc32)no1. The normalized spacial score (nSPS) is 13.4. The zero-order valence-electron chi connectivity index (χ0n) is 17.3. The monoisotopic (exact) mass is 419 g/mol. The van der Waals surface area contributed by atoms with Crippen LogP contribution in [0.5, 0.6) is 11.6 Å². The number of ether oxygens (including phenoxy) is 1. The predicted molar refractivity (Wildman–Crippen MR) is 112 cm³/mol. The Morgan fingerprint density at radius 3 is 2.90 bits per heavy atom. The standard InChI is InChI=1S/C21H21N7O3/c1-21(2,3)17-7-18(27-31-17)26-20(29)28-5-4-14-16(28)6-12(8-23-14)30-19-13-9-22-10-15(13)24-11-25-19/h4-8,11,22H,9-10H2,1-3H3,(H,26,27,29). The molecule has 0 aliphatic carbocycles. The van der Waals surface area contributed by atoms with Gasteiger partial charge in [-0.2, -0.15) is 0 Å². The number of rotatable bonds is 3. The van der Waals surface area contributed by atoms with Gasteiger partial charge in [-0.15, -0.1) is 0 Å². The number of fused-ring (bicyclic) bond motifs is 2. The average molecular weight is 419 g/mol. The smallest absolute Gasteiger partial charge is 0.331 e. The zero-order chi connectivity index (χ0) is 21.6. The van der Waals surface area contributed by atoms with Crippen LogP contribution in [0.3, 0.4) is 0 Å². The second-order valence-electron chi connectivity index (χ2n) is 8.33. The third kappa shape index (κ3) is 3.61. The molecule has 1 aliphatic heterocycles. The van der Waals surface area contributed by atoms with Crippen LogP contribution in [0.4, 0.5) is 10.6 Å². The van der Waals surface area contributed by atoms with E-state index in [1.165, 1.54) is 10.9 Å². The van der Waals surface area contributed by atoms with Crippen LogP contribution < -0.4 is 15.4 Å². The molecule has 1 aliphatic rings. The Bertz CT molecular complexity index is 1290. The van der Waals surface area contributed by atoms with Gasteiger partial charge in [-0.05, 0) is 6.07 Å². The second-order valence-corrected chi connectivity index (χ2v) is 8.33. The summed E-state index contributed by atoms with van der Waals surface area (Å²) in [5.74, 6) is 1.99. The van der Waals surface area contributed by atoms with Crippen LogP contribution >= 0.6 is 0 Å². The van der Waals surface area contributed by atoms with Crippen molar-refractivity contribution in [2.24, 2.45) is 0 Å². The van der Waals surface area contributed by atoms with Crippen molar-refractivity contribution < 1.29 is 14.1 Å². The van der Waals surface area contributed by atoms with Crippen molar-refractivity contribution in [3.8, 4) is 11.6 Å². The molecule has 5 heterocycles. The molecule has 0 bridgehead atoms. The quantitative estimate of drug-likeness (QED) is 0.517. The van der Waals surface area contributed by atoms with E-state index in [1.54, 1.807) is 30.6 Å². The highest BCUT2D eigenvalue weighted by atomic mass is 16.5. The molecule has 0 spiro atoms. The van der Waals surface area contributed by atoms with Gasteiger partial charge in [0.05, 0.1) is 28.5 Å². The van der Waals surface area contributed by atoms with E-state index in [2.05, 4.69) is 30.7 Å². The molecule has 4 aromatic heterocycles. The molecule has 0 saturated carbocycles. The lowest BCUT2D eigenvalue weighted by Crippen LogP contribution is -2.18. The molecule has 10 heteroatoms. The van der Waals surface area contributed by atoms with Crippen LogP contribution in [0, 0.1) is 0 Å². The number of hydrogen-bond acceptors (Lipinski definition) is 8. The van der Waals surface area contributed by atoms with E-state index in [1.807, 2.05) is 20.8 Å². The number of anilines is 1. The topological polar surface area (TPSA) is 120 Å². The fraction of sp³-hybridized carbons (Fsp3) is 0.286. The van der Waals surface area contributed by atoms with Crippen LogP contribution in [0.25, 0.3) is 11.0 Å². The lowest BCUT2D eigenvalue weighted by molar-refractivity contribution is 0.254. The van der Waals surface area contributed by atoms with Crippen LogP contribution in [0.15, 0.2) is 41.4 Å². The number of carbonyl (C=O) groups excluding carboxylic acids is 1. The first-order valence-electron chi connectivity index (χ1n) is 9.85. The summed E-state index contributed by atoms with van der Waals surface area (Å²) in [6, 6.07) is 4.85. The molecule has 0 unspecified atom stereocenters. The lowest BCUT2D eigenvalue weighted by atomic mass is 9.93. The number of hydrogen-bond donors (Lipinski definition) is 2. The van der Waals surface area contributed by atoms with Crippen molar-refractivity contribution in [2.75, 3.05) is 5.32 Å². The Kier molecular flexibility index (Phi) is 4.44. The number of amides is 1. The van der Waals surface area contributed by atoms with E-state index < -0.39 is 0 Å². The Morgan fingerprint density at radius 2 is 2.10 bits per heavy atom. The number of nitrogens with zero attached hydrogens (tertiary/aromatic N) is 5. The van der Waals surface area contributed by atoms with Crippen molar-refractivity contribution >= 4 is 22.9 Å². The molecule has 158 valence electrons. The van der Waals surface area contributed by atoms with Crippen LogP contribution in [-0.4, -0.2) is 30.7 Å². The fourth-order valence-corrected chi connectivity index (χ4v) is 3.35. The summed E-state index contributed by atoms with van der Waals surface area (Å²) in [6.45, 7) is 7.36. The number of nitrogens with one attached hydrogen (secondary N) is 2. The second kappa shape index (κ2) is 7.17. The summed E-state index contributed by atoms with van der Waals surface area (Å²) < 4.78 is 12.8. The van der Waals surface area contributed by atoms with E-state index in [-0.39, 0.29) is 11.4 Å². The molecule has 2 N–H and O–H groups in total. The average Bonchev–Trinajstić information content (AvgIpc) is 3.46. The van der Waals surface area contributed by atoms with E-state index in [9.17, 15) is 4.79 Å². The van der Waals surface area contributed by atoms with E-state index in [0.29, 0.717) is 47.3 Å². The fourth-order valence-electron chi connectivity index (χ4n) is 3.35. The minimum Gasteiger partial charge on any atom is -0.437 e. The highest BCUT2D eigenvalue weighted by molar-refractivity contribution is 5.97. The van der Waals surface area contributed by atoms with Crippen LogP contribution in [-0.2, 0) is 18.5 Å². The summed E-state index contributed by atoms with van der Waals surface area (Å²) in [5.41, 5.74) is 2.90. The molecule has 4 aromatic rings. The minimum atomic E-state index is -0.380. The van der Waals surface area contributed by atoms with Gasteiger partial charge in [0.15, 0.2) is 5.82 Å². The Hall–Kier alpha value is -3.79. The van der Waals surface area contributed by atoms with Crippen LogP contribution in [0.1, 0.15) is 37.8 Å². The van der Waals surface area contributed by atoms with Gasteiger partial charge >= 0.3 is 6.03 Å². The Balaban J connectivity index is 1.41. The van der Waals surface area contributed by atoms with Gasteiger partial charge in [0, 0.05) is 36.8 Å². The Labute approximate surface area is 177 Å². The van der Waals surface area contributed by atoms with E-state index in [4.69, 9.17) is 9.26 Å². The summed E-state index contributed by atoms with van der Waals surface area (Å²) in [5, 5.41) is 9.92. The highest BCUT2D eigenvalue weighted by Gasteiger charge is 2.21. The molecule has 10 nitrogen and oxygen atoms in total. The van der Waals surface area contributed by atoms with Crippen molar-refractivity contribution in [3.05, 3.63) is 53.9 Å².